The number of thioether (sulfide) groups is 1. The van der Waals surface area contributed by atoms with E-state index in [0.717, 1.165) is 9.42 Å². The number of hydrogen-bond donors (Lipinski definition) is 0. The van der Waals surface area contributed by atoms with Gasteiger partial charge in [-0.05, 0) is 36.6 Å². The van der Waals surface area contributed by atoms with Crippen molar-refractivity contribution in [2.24, 2.45) is 0 Å². The Hall–Kier alpha value is -1.33. The number of benzene rings is 1. The Balaban J connectivity index is 3.02. The zero-order valence-corrected chi connectivity index (χ0v) is 15.9. The van der Waals surface area contributed by atoms with Gasteiger partial charge in [-0.3, -0.25) is 9.59 Å². The van der Waals surface area contributed by atoms with E-state index in [1.807, 2.05) is 44.2 Å². The maximum absolute atomic E-state index is 12.3. The molecule has 0 N–H and O–H groups in total. The van der Waals surface area contributed by atoms with Crippen molar-refractivity contribution in [3.63, 3.8) is 0 Å². The van der Waals surface area contributed by atoms with E-state index < -0.39 is 19.8 Å². The highest BCUT2D eigenvalue weighted by atomic mass is 32.2. The fourth-order valence-electron chi connectivity index (χ4n) is 1.86. The zero-order valence-electron chi connectivity index (χ0n) is 14.1. The number of carbonyl (C=O) groups excluding carboxylic acids is 2. The summed E-state index contributed by atoms with van der Waals surface area (Å²) >= 11 is 1.60. The van der Waals surface area contributed by atoms with Gasteiger partial charge in [0.25, 0.3) is 5.91 Å². The molecule has 5 heteroatoms. The lowest BCUT2D eigenvalue weighted by Crippen LogP contribution is -2.36. The van der Waals surface area contributed by atoms with Gasteiger partial charge < -0.3 is 4.90 Å². The molecule has 0 atom stereocenters. The first kappa shape index (κ1) is 18.7. The highest BCUT2D eigenvalue weighted by Crippen LogP contribution is 2.33. The van der Waals surface area contributed by atoms with Crippen molar-refractivity contribution >= 4 is 31.5 Å². The lowest BCUT2D eigenvalue weighted by molar-refractivity contribution is -0.142. The van der Waals surface area contributed by atoms with Crippen LogP contribution in [0.5, 0.6) is 0 Å². The van der Waals surface area contributed by atoms with E-state index in [4.69, 9.17) is 0 Å². The van der Waals surface area contributed by atoms with Crippen LogP contribution in [0, 0.1) is 0 Å². The maximum atomic E-state index is 12.3. The molecule has 0 aliphatic heterocycles. The quantitative estimate of drug-likeness (QED) is 0.327. The molecule has 0 aliphatic carbocycles. The Labute approximate surface area is 138 Å². The van der Waals surface area contributed by atoms with Gasteiger partial charge in [0.15, 0.2) is 0 Å². The Morgan fingerprint density at radius 2 is 1.64 bits per heavy atom. The highest BCUT2D eigenvalue weighted by Gasteiger charge is 2.25. The van der Waals surface area contributed by atoms with E-state index in [2.05, 4.69) is 19.6 Å². The summed E-state index contributed by atoms with van der Waals surface area (Å²) in [4.78, 5) is 27.1. The fourth-order valence-corrected chi connectivity index (χ4v) is 4.72. The standard InChI is InChI=1S/C17H25NO2SSi/c1-6-18(7-2)17(20)15(19)13-16(22(3,4)5)21-14-11-9-8-10-12-14/h8-13H,6-7H2,1-5H3/b16-13-. The van der Waals surface area contributed by atoms with Crippen LogP contribution in [0.3, 0.4) is 0 Å². The summed E-state index contributed by atoms with van der Waals surface area (Å²) in [5.74, 6) is -0.820. The average molecular weight is 336 g/mol. The molecule has 1 rings (SSSR count). The summed E-state index contributed by atoms with van der Waals surface area (Å²) < 4.78 is 1.03. The predicted octanol–water partition coefficient (Wildman–Crippen LogP) is 3.98. The summed E-state index contributed by atoms with van der Waals surface area (Å²) in [6.45, 7) is 11.4. The molecule has 3 nitrogen and oxygen atoms in total. The number of ketones is 1. The monoisotopic (exact) mass is 335 g/mol. The molecule has 0 fully saturated rings. The van der Waals surface area contributed by atoms with Gasteiger partial charge in [0.05, 0.1) is 8.07 Å². The van der Waals surface area contributed by atoms with Crippen LogP contribution < -0.4 is 0 Å². The normalized spacial score (nSPS) is 12.1. The van der Waals surface area contributed by atoms with Crippen molar-refractivity contribution in [1.82, 2.24) is 4.90 Å². The first-order valence-corrected chi connectivity index (χ1v) is 11.9. The van der Waals surface area contributed by atoms with Gasteiger partial charge in [0.2, 0.25) is 5.78 Å². The summed E-state index contributed by atoms with van der Waals surface area (Å²) in [7, 11) is -1.70. The number of amides is 1. The van der Waals surface area contributed by atoms with Gasteiger partial charge >= 0.3 is 0 Å². The van der Waals surface area contributed by atoms with Crippen LogP contribution in [0.1, 0.15) is 13.8 Å². The lowest BCUT2D eigenvalue weighted by atomic mass is 10.3. The second-order valence-corrected chi connectivity index (χ2v) is 12.5. The van der Waals surface area contributed by atoms with Crippen molar-refractivity contribution in [3.8, 4) is 0 Å². The third-order valence-electron chi connectivity index (χ3n) is 3.23. The molecule has 0 radical (unpaired) electrons. The smallest absolute Gasteiger partial charge is 0.294 e. The molecular weight excluding hydrogens is 310 g/mol. The number of nitrogens with zero attached hydrogens (tertiary/aromatic N) is 1. The second-order valence-electron chi connectivity index (χ2n) is 6.02. The maximum Gasteiger partial charge on any atom is 0.294 e. The second kappa shape index (κ2) is 8.34. The summed E-state index contributed by atoms with van der Waals surface area (Å²) in [5.41, 5.74) is 0. The molecule has 0 spiro atoms. The lowest BCUT2D eigenvalue weighted by Gasteiger charge is -2.21. The van der Waals surface area contributed by atoms with E-state index in [0.29, 0.717) is 13.1 Å². The Morgan fingerprint density at radius 1 is 1.09 bits per heavy atom. The summed E-state index contributed by atoms with van der Waals surface area (Å²) in [5, 5.41) is 0. The van der Waals surface area contributed by atoms with Crippen molar-refractivity contribution in [1.29, 1.82) is 0 Å². The SMILES string of the molecule is CCN(CC)C(=O)C(=O)/C=C(/Sc1ccccc1)[Si](C)(C)C. The molecule has 1 amide bonds. The Kier molecular flexibility index (Phi) is 7.09. The molecule has 0 aromatic heterocycles. The summed E-state index contributed by atoms with van der Waals surface area (Å²) in [6, 6.07) is 9.97. The van der Waals surface area contributed by atoms with Crippen LogP contribution in [0.25, 0.3) is 0 Å². The molecule has 0 saturated carbocycles. The largest absolute Gasteiger partial charge is 0.336 e. The fraction of sp³-hybridized carbons (Fsp3) is 0.412. The number of hydrogen-bond acceptors (Lipinski definition) is 3. The molecule has 0 aliphatic rings. The van der Waals surface area contributed by atoms with Crippen LogP contribution in [-0.4, -0.2) is 37.8 Å². The van der Waals surface area contributed by atoms with Crippen molar-refractivity contribution in [2.45, 2.75) is 38.4 Å². The zero-order chi connectivity index (χ0) is 16.8. The van der Waals surface area contributed by atoms with Gasteiger partial charge in [-0.15, -0.1) is 0 Å². The minimum Gasteiger partial charge on any atom is -0.336 e. The molecule has 1 aromatic rings. The number of carbonyl (C=O) groups is 2. The minimum absolute atomic E-state index is 0.408. The minimum atomic E-state index is -1.70. The molecular formula is C17H25NO2SSi. The van der Waals surface area contributed by atoms with Gasteiger partial charge in [-0.2, -0.15) is 0 Å². The van der Waals surface area contributed by atoms with E-state index in [-0.39, 0.29) is 0 Å². The van der Waals surface area contributed by atoms with Crippen LogP contribution >= 0.6 is 11.8 Å². The highest BCUT2D eigenvalue weighted by molar-refractivity contribution is 8.05. The third kappa shape index (κ3) is 5.46. The van der Waals surface area contributed by atoms with Crippen molar-refractivity contribution in [2.75, 3.05) is 13.1 Å². The van der Waals surface area contributed by atoms with E-state index in [1.54, 1.807) is 22.7 Å². The molecule has 22 heavy (non-hydrogen) atoms. The summed E-state index contributed by atoms with van der Waals surface area (Å²) in [6.07, 6.45) is 1.56. The van der Waals surface area contributed by atoms with Crippen LogP contribution in [0.4, 0.5) is 0 Å². The molecule has 0 saturated heterocycles. The van der Waals surface area contributed by atoms with Crippen molar-refractivity contribution in [3.05, 3.63) is 40.9 Å². The Morgan fingerprint density at radius 3 is 2.09 bits per heavy atom. The average Bonchev–Trinajstić information content (AvgIpc) is 2.47. The molecule has 0 unspecified atom stereocenters. The first-order chi connectivity index (χ1) is 10.3. The van der Waals surface area contributed by atoms with E-state index in [1.165, 1.54) is 0 Å². The van der Waals surface area contributed by atoms with Crippen LogP contribution in [0.2, 0.25) is 19.6 Å². The van der Waals surface area contributed by atoms with Crippen LogP contribution in [0.15, 0.2) is 45.8 Å². The third-order valence-corrected chi connectivity index (χ3v) is 7.85. The number of likely N-dealkylation sites (N-methyl/N-ethyl adjacent to an activating group) is 1. The van der Waals surface area contributed by atoms with Crippen molar-refractivity contribution < 1.29 is 9.59 Å². The van der Waals surface area contributed by atoms with Crippen LogP contribution in [-0.2, 0) is 9.59 Å². The van der Waals surface area contributed by atoms with Gasteiger partial charge in [-0.1, -0.05) is 49.6 Å². The number of rotatable bonds is 7. The predicted molar refractivity (Wildman–Crippen MR) is 96.7 cm³/mol. The van der Waals surface area contributed by atoms with E-state index in [9.17, 15) is 9.59 Å². The van der Waals surface area contributed by atoms with Gasteiger partial charge in [-0.25, -0.2) is 0 Å². The molecule has 0 heterocycles. The molecule has 1 aromatic carbocycles. The first-order valence-electron chi connectivity index (χ1n) is 7.57. The topological polar surface area (TPSA) is 37.4 Å². The van der Waals surface area contributed by atoms with Gasteiger partial charge in [0, 0.05) is 18.0 Å². The molecule has 0 bridgehead atoms. The van der Waals surface area contributed by atoms with Gasteiger partial charge in [0.1, 0.15) is 0 Å². The van der Waals surface area contributed by atoms with E-state index >= 15 is 0 Å². The Bertz CT molecular complexity index is 546. The molecule has 120 valence electrons.